The van der Waals surface area contributed by atoms with Gasteiger partial charge >= 0.3 is 0 Å². The van der Waals surface area contributed by atoms with Crippen LogP contribution in [0, 0.1) is 5.82 Å². The van der Waals surface area contributed by atoms with Crippen LogP contribution in [-0.4, -0.2) is 38.2 Å². The zero-order valence-corrected chi connectivity index (χ0v) is 12.0. The maximum Gasteiger partial charge on any atom is 0.128 e. The third-order valence-corrected chi connectivity index (χ3v) is 3.83. The van der Waals surface area contributed by atoms with Crippen molar-refractivity contribution in [2.45, 2.75) is 6.04 Å². The first-order valence-corrected chi connectivity index (χ1v) is 7.11. The number of hydrogen-bond acceptors (Lipinski definition) is 4. The molecule has 0 unspecified atom stereocenters. The highest BCUT2D eigenvalue weighted by atomic mass is 19.1. The molecule has 0 spiro atoms. The number of benzene rings is 1. The van der Waals surface area contributed by atoms with Gasteiger partial charge in [-0.3, -0.25) is 4.90 Å². The fourth-order valence-electron chi connectivity index (χ4n) is 2.78. The first-order chi connectivity index (χ1) is 10.3. The van der Waals surface area contributed by atoms with E-state index in [2.05, 4.69) is 10.2 Å². The van der Waals surface area contributed by atoms with E-state index in [1.165, 1.54) is 6.07 Å². The highest BCUT2D eigenvalue weighted by Crippen LogP contribution is 2.33. The Morgan fingerprint density at radius 2 is 2.10 bits per heavy atom. The molecule has 2 heterocycles. The molecule has 1 N–H and O–H groups in total. The molecule has 2 aromatic rings. The number of hydrogen-bond donors (Lipinski definition) is 1. The second-order valence-electron chi connectivity index (χ2n) is 5.09. The lowest BCUT2D eigenvalue weighted by Gasteiger charge is -2.34. The van der Waals surface area contributed by atoms with E-state index in [0.29, 0.717) is 11.3 Å². The third-order valence-electron chi connectivity index (χ3n) is 3.83. The molecule has 0 amide bonds. The van der Waals surface area contributed by atoms with Gasteiger partial charge in [0.1, 0.15) is 17.3 Å². The average Bonchev–Trinajstić information content (AvgIpc) is 3.04. The number of rotatable bonds is 4. The molecule has 1 fully saturated rings. The molecule has 5 heteroatoms. The number of furan rings is 1. The molecule has 0 bridgehead atoms. The number of methoxy groups -OCH3 is 1. The third kappa shape index (κ3) is 2.94. The molecule has 3 rings (SSSR count). The standard InChI is InChI=1S/C16H19FN2O2/c1-20-12-4-5-14(17)13(11-12)16(15-3-2-10-21-15)19-8-6-18-7-9-19/h2-5,10-11,16,18H,6-9H2,1H3/t16-/m0/s1. The van der Waals surface area contributed by atoms with Gasteiger partial charge in [-0.1, -0.05) is 0 Å². The molecule has 1 aliphatic rings. The number of halogens is 1. The minimum Gasteiger partial charge on any atom is -0.497 e. The minimum atomic E-state index is -0.240. The van der Waals surface area contributed by atoms with Crippen LogP contribution in [0.4, 0.5) is 4.39 Å². The Morgan fingerprint density at radius 3 is 2.76 bits per heavy atom. The molecule has 1 atom stereocenters. The van der Waals surface area contributed by atoms with Crippen LogP contribution >= 0.6 is 0 Å². The van der Waals surface area contributed by atoms with Crippen LogP contribution in [0.15, 0.2) is 41.0 Å². The predicted molar refractivity (Wildman–Crippen MR) is 77.9 cm³/mol. The summed E-state index contributed by atoms with van der Waals surface area (Å²) in [5.74, 6) is 1.16. The predicted octanol–water partition coefficient (Wildman–Crippen LogP) is 2.42. The first-order valence-electron chi connectivity index (χ1n) is 7.11. The van der Waals surface area contributed by atoms with Gasteiger partial charge in [-0.05, 0) is 30.3 Å². The maximum atomic E-state index is 14.4. The van der Waals surface area contributed by atoms with E-state index < -0.39 is 0 Å². The number of ether oxygens (including phenoxy) is 1. The van der Waals surface area contributed by atoms with E-state index >= 15 is 0 Å². The Labute approximate surface area is 123 Å². The van der Waals surface area contributed by atoms with Crippen LogP contribution < -0.4 is 10.1 Å². The Morgan fingerprint density at radius 1 is 1.29 bits per heavy atom. The minimum absolute atomic E-state index is 0.225. The van der Waals surface area contributed by atoms with Gasteiger partial charge in [0.05, 0.1) is 19.4 Å². The van der Waals surface area contributed by atoms with Crippen molar-refractivity contribution in [2.24, 2.45) is 0 Å². The second-order valence-corrected chi connectivity index (χ2v) is 5.09. The zero-order valence-electron chi connectivity index (χ0n) is 12.0. The largest absolute Gasteiger partial charge is 0.497 e. The Kier molecular flexibility index (Phi) is 4.22. The Bertz CT molecular complexity index is 580. The smallest absolute Gasteiger partial charge is 0.128 e. The summed E-state index contributed by atoms with van der Waals surface area (Å²) >= 11 is 0. The van der Waals surface area contributed by atoms with Crippen LogP contribution in [0.1, 0.15) is 17.4 Å². The molecular weight excluding hydrogens is 271 g/mol. The van der Waals surface area contributed by atoms with E-state index in [4.69, 9.17) is 9.15 Å². The van der Waals surface area contributed by atoms with Crippen molar-refractivity contribution in [3.05, 3.63) is 53.7 Å². The normalized spacial score (nSPS) is 17.6. The summed E-state index contributed by atoms with van der Waals surface area (Å²) in [5.41, 5.74) is 0.589. The molecule has 0 saturated carbocycles. The Hall–Kier alpha value is -1.85. The molecular formula is C16H19FN2O2. The highest BCUT2D eigenvalue weighted by Gasteiger charge is 2.28. The van der Waals surface area contributed by atoms with Crippen molar-refractivity contribution < 1.29 is 13.5 Å². The summed E-state index contributed by atoms with van der Waals surface area (Å²) in [5, 5.41) is 3.31. The van der Waals surface area contributed by atoms with Gasteiger partial charge in [-0.15, -0.1) is 0 Å². The van der Waals surface area contributed by atoms with Crippen LogP contribution in [-0.2, 0) is 0 Å². The van der Waals surface area contributed by atoms with Crippen LogP contribution in [0.2, 0.25) is 0 Å². The summed E-state index contributed by atoms with van der Waals surface area (Å²) in [4.78, 5) is 2.23. The molecule has 1 aromatic carbocycles. The molecule has 1 saturated heterocycles. The van der Waals surface area contributed by atoms with Gasteiger partial charge in [0, 0.05) is 31.7 Å². The molecule has 4 nitrogen and oxygen atoms in total. The van der Waals surface area contributed by atoms with Gasteiger partial charge in [-0.2, -0.15) is 0 Å². The van der Waals surface area contributed by atoms with Crippen molar-refractivity contribution in [1.82, 2.24) is 10.2 Å². The summed E-state index contributed by atoms with van der Waals surface area (Å²) in [7, 11) is 1.59. The number of nitrogens with zero attached hydrogens (tertiary/aromatic N) is 1. The monoisotopic (exact) mass is 290 g/mol. The van der Waals surface area contributed by atoms with Crippen molar-refractivity contribution in [3.63, 3.8) is 0 Å². The van der Waals surface area contributed by atoms with Gasteiger partial charge in [0.25, 0.3) is 0 Å². The van der Waals surface area contributed by atoms with Crippen LogP contribution in [0.25, 0.3) is 0 Å². The van der Waals surface area contributed by atoms with Crippen LogP contribution in [0.3, 0.4) is 0 Å². The van der Waals surface area contributed by atoms with Crippen molar-refractivity contribution in [1.29, 1.82) is 0 Å². The average molecular weight is 290 g/mol. The van der Waals surface area contributed by atoms with Crippen molar-refractivity contribution in [2.75, 3.05) is 33.3 Å². The lowest BCUT2D eigenvalue weighted by molar-refractivity contribution is 0.177. The highest BCUT2D eigenvalue weighted by molar-refractivity contribution is 5.35. The topological polar surface area (TPSA) is 37.6 Å². The Balaban J connectivity index is 2.02. The van der Waals surface area contributed by atoms with E-state index in [0.717, 1.165) is 31.9 Å². The van der Waals surface area contributed by atoms with Gasteiger partial charge in [0.15, 0.2) is 0 Å². The molecule has 0 radical (unpaired) electrons. The molecule has 112 valence electrons. The summed E-state index contributed by atoms with van der Waals surface area (Å²) in [6.45, 7) is 3.48. The fraction of sp³-hybridized carbons (Fsp3) is 0.375. The van der Waals surface area contributed by atoms with E-state index in [-0.39, 0.29) is 11.9 Å². The lowest BCUT2D eigenvalue weighted by atomic mass is 10.0. The van der Waals surface area contributed by atoms with Gasteiger partial charge in [-0.25, -0.2) is 4.39 Å². The number of nitrogens with one attached hydrogen (secondary N) is 1. The van der Waals surface area contributed by atoms with Crippen LogP contribution in [0.5, 0.6) is 5.75 Å². The molecule has 1 aliphatic heterocycles. The lowest BCUT2D eigenvalue weighted by Crippen LogP contribution is -2.45. The molecule has 0 aliphatic carbocycles. The second kappa shape index (κ2) is 6.28. The van der Waals surface area contributed by atoms with Crippen molar-refractivity contribution in [3.8, 4) is 5.75 Å². The summed E-state index contributed by atoms with van der Waals surface area (Å²) < 4.78 is 25.2. The van der Waals surface area contributed by atoms with E-state index in [9.17, 15) is 4.39 Å². The summed E-state index contributed by atoms with van der Waals surface area (Å²) in [6.07, 6.45) is 1.63. The quantitative estimate of drug-likeness (QED) is 0.938. The van der Waals surface area contributed by atoms with Crippen molar-refractivity contribution >= 4 is 0 Å². The zero-order chi connectivity index (χ0) is 14.7. The van der Waals surface area contributed by atoms with E-state index in [1.54, 1.807) is 25.5 Å². The summed E-state index contributed by atoms with van der Waals surface area (Å²) in [6, 6.07) is 8.35. The molecule has 1 aromatic heterocycles. The fourth-order valence-corrected chi connectivity index (χ4v) is 2.78. The van der Waals surface area contributed by atoms with Gasteiger partial charge < -0.3 is 14.5 Å². The molecule has 21 heavy (non-hydrogen) atoms. The number of piperazine rings is 1. The SMILES string of the molecule is COc1ccc(F)c([C@@H](c2ccco2)N2CCNCC2)c1. The maximum absolute atomic E-state index is 14.4. The van der Waals surface area contributed by atoms with Gasteiger partial charge in [0.2, 0.25) is 0 Å². The first kappa shape index (κ1) is 14.1. The van der Waals surface area contributed by atoms with E-state index in [1.807, 2.05) is 12.1 Å².